The van der Waals surface area contributed by atoms with E-state index in [0.29, 0.717) is 5.69 Å². The standard InChI is InChI=1S/C20H11BrCl2N2O4/c1-2-7-29-17-11(8-13(22)10-16(17)23)9-15-18(26)24-20(28)25(19(15)27)14-5-3-12(21)4-6-14/h1,3-6,8-10H,7H2,(H,24,26,28)/b15-9+. The Kier molecular flexibility index (Phi) is 6.28. The summed E-state index contributed by atoms with van der Waals surface area (Å²) in [6.07, 6.45) is 6.47. The molecular formula is C20H11BrCl2N2O4. The van der Waals surface area contributed by atoms with Gasteiger partial charge in [0.1, 0.15) is 17.9 Å². The molecular weight excluding hydrogens is 483 g/mol. The zero-order valence-corrected chi connectivity index (χ0v) is 17.6. The molecule has 2 aromatic rings. The van der Waals surface area contributed by atoms with E-state index in [-0.39, 0.29) is 33.5 Å². The van der Waals surface area contributed by atoms with Gasteiger partial charge in [-0.15, -0.1) is 6.42 Å². The molecule has 29 heavy (non-hydrogen) atoms. The first-order valence-corrected chi connectivity index (χ1v) is 9.59. The van der Waals surface area contributed by atoms with Gasteiger partial charge in [0, 0.05) is 15.1 Å². The van der Waals surface area contributed by atoms with Crippen LogP contribution in [0.15, 0.2) is 46.4 Å². The van der Waals surface area contributed by atoms with Crippen LogP contribution in [0.3, 0.4) is 0 Å². The molecule has 1 heterocycles. The number of hydrogen-bond donors (Lipinski definition) is 1. The van der Waals surface area contributed by atoms with Crippen molar-refractivity contribution in [3.8, 4) is 18.1 Å². The lowest BCUT2D eigenvalue weighted by Crippen LogP contribution is -2.54. The molecule has 3 rings (SSSR count). The summed E-state index contributed by atoms with van der Waals surface area (Å²) in [4.78, 5) is 38.4. The highest BCUT2D eigenvalue weighted by atomic mass is 79.9. The minimum atomic E-state index is -0.854. The van der Waals surface area contributed by atoms with Gasteiger partial charge in [0.25, 0.3) is 11.8 Å². The maximum absolute atomic E-state index is 13.0. The Morgan fingerprint density at radius 1 is 1.17 bits per heavy atom. The van der Waals surface area contributed by atoms with E-state index in [9.17, 15) is 14.4 Å². The number of amides is 4. The van der Waals surface area contributed by atoms with Crippen LogP contribution in [0.1, 0.15) is 5.56 Å². The Morgan fingerprint density at radius 2 is 1.86 bits per heavy atom. The average molecular weight is 494 g/mol. The molecule has 1 fully saturated rings. The number of imide groups is 2. The third-order valence-corrected chi connectivity index (χ3v) is 4.85. The molecule has 6 nitrogen and oxygen atoms in total. The fourth-order valence-corrected chi connectivity index (χ4v) is 3.42. The Bertz CT molecular complexity index is 1090. The Balaban J connectivity index is 2.08. The first kappa shape index (κ1) is 20.9. The lowest BCUT2D eigenvalue weighted by atomic mass is 10.1. The molecule has 1 aliphatic rings. The number of anilines is 1. The number of nitrogens with zero attached hydrogens (tertiary/aromatic N) is 1. The molecule has 1 saturated heterocycles. The van der Waals surface area contributed by atoms with Crippen molar-refractivity contribution in [3.05, 3.63) is 62.1 Å². The number of benzene rings is 2. The third kappa shape index (κ3) is 4.46. The molecule has 9 heteroatoms. The van der Waals surface area contributed by atoms with Crippen LogP contribution in [-0.4, -0.2) is 24.5 Å². The number of terminal acetylenes is 1. The first-order chi connectivity index (χ1) is 13.8. The molecule has 0 atom stereocenters. The Hall–Kier alpha value is -2.79. The van der Waals surface area contributed by atoms with Crippen LogP contribution < -0.4 is 15.0 Å². The van der Waals surface area contributed by atoms with E-state index >= 15 is 0 Å². The van der Waals surface area contributed by atoms with E-state index in [1.54, 1.807) is 24.3 Å². The number of urea groups is 1. The van der Waals surface area contributed by atoms with Crippen molar-refractivity contribution in [2.24, 2.45) is 0 Å². The highest BCUT2D eigenvalue weighted by Gasteiger charge is 2.37. The van der Waals surface area contributed by atoms with Gasteiger partial charge in [-0.05, 0) is 42.5 Å². The third-order valence-electron chi connectivity index (χ3n) is 3.82. The highest BCUT2D eigenvalue weighted by molar-refractivity contribution is 9.10. The van der Waals surface area contributed by atoms with Gasteiger partial charge in [0.05, 0.1) is 10.7 Å². The van der Waals surface area contributed by atoms with Crippen molar-refractivity contribution in [3.63, 3.8) is 0 Å². The van der Waals surface area contributed by atoms with E-state index in [1.807, 2.05) is 0 Å². The second kappa shape index (κ2) is 8.70. The van der Waals surface area contributed by atoms with Crippen molar-refractivity contribution in [2.75, 3.05) is 11.5 Å². The topological polar surface area (TPSA) is 75.7 Å². The predicted octanol–water partition coefficient (Wildman–Crippen LogP) is 4.43. The van der Waals surface area contributed by atoms with Gasteiger partial charge in [0.15, 0.2) is 0 Å². The van der Waals surface area contributed by atoms with Crippen molar-refractivity contribution in [1.82, 2.24) is 5.32 Å². The molecule has 0 bridgehead atoms. The zero-order chi connectivity index (χ0) is 21.1. The van der Waals surface area contributed by atoms with E-state index in [2.05, 4.69) is 27.2 Å². The molecule has 0 unspecified atom stereocenters. The lowest BCUT2D eigenvalue weighted by Gasteiger charge is -2.26. The quantitative estimate of drug-likeness (QED) is 0.388. The highest BCUT2D eigenvalue weighted by Crippen LogP contribution is 2.34. The Morgan fingerprint density at radius 3 is 2.52 bits per heavy atom. The molecule has 0 spiro atoms. The van der Waals surface area contributed by atoms with E-state index in [0.717, 1.165) is 9.37 Å². The summed E-state index contributed by atoms with van der Waals surface area (Å²) in [5.41, 5.74) is 0.264. The summed E-state index contributed by atoms with van der Waals surface area (Å²) in [5.74, 6) is 0.809. The maximum Gasteiger partial charge on any atom is 0.335 e. The molecule has 0 aromatic heterocycles. The molecule has 0 saturated carbocycles. The summed E-state index contributed by atoms with van der Waals surface area (Å²) in [6, 6.07) is 8.51. The number of carbonyl (C=O) groups is 3. The van der Waals surface area contributed by atoms with Crippen LogP contribution in [0, 0.1) is 12.3 Å². The minimum Gasteiger partial charge on any atom is -0.479 e. The SMILES string of the molecule is C#CCOc1c(Cl)cc(Cl)cc1/C=C1\C(=O)NC(=O)N(c2ccc(Br)cc2)C1=O. The molecule has 0 aliphatic carbocycles. The molecule has 0 radical (unpaired) electrons. The number of hydrogen-bond acceptors (Lipinski definition) is 4. The summed E-state index contributed by atoms with van der Waals surface area (Å²) in [7, 11) is 0. The largest absolute Gasteiger partial charge is 0.479 e. The number of nitrogens with one attached hydrogen (secondary N) is 1. The number of ether oxygens (including phenoxy) is 1. The number of barbiturate groups is 1. The Labute approximate surface area is 184 Å². The van der Waals surface area contributed by atoms with Gasteiger partial charge in [-0.2, -0.15) is 0 Å². The molecule has 1 N–H and O–H groups in total. The minimum absolute atomic E-state index is 0.0822. The van der Waals surface area contributed by atoms with Crippen LogP contribution in [0.4, 0.5) is 10.5 Å². The van der Waals surface area contributed by atoms with Gasteiger partial charge in [-0.3, -0.25) is 14.9 Å². The van der Waals surface area contributed by atoms with Crippen molar-refractivity contribution < 1.29 is 19.1 Å². The van der Waals surface area contributed by atoms with Gasteiger partial charge in [-0.1, -0.05) is 45.1 Å². The predicted molar refractivity (Wildman–Crippen MR) is 114 cm³/mol. The summed E-state index contributed by atoms with van der Waals surface area (Å²) < 4.78 is 6.20. The molecule has 1 aliphatic heterocycles. The van der Waals surface area contributed by atoms with Gasteiger partial charge >= 0.3 is 6.03 Å². The van der Waals surface area contributed by atoms with Crippen molar-refractivity contribution in [1.29, 1.82) is 0 Å². The van der Waals surface area contributed by atoms with Crippen LogP contribution in [0.25, 0.3) is 6.08 Å². The van der Waals surface area contributed by atoms with Gasteiger partial charge in [-0.25, -0.2) is 9.69 Å². The molecule has 4 amide bonds. The van der Waals surface area contributed by atoms with Crippen LogP contribution in [0.2, 0.25) is 10.0 Å². The zero-order valence-electron chi connectivity index (χ0n) is 14.5. The second-order valence-corrected chi connectivity index (χ2v) is 7.49. The summed E-state index contributed by atoms with van der Waals surface area (Å²) in [5, 5.41) is 2.56. The van der Waals surface area contributed by atoms with Crippen molar-refractivity contribution >= 4 is 68.7 Å². The van der Waals surface area contributed by atoms with E-state index in [4.69, 9.17) is 34.4 Å². The van der Waals surface area contributed by atoms with Crippen LogP contribution >= 0.6 is 39.1 Å². The average Bonchev–Trinajstić information content (AvgIpc) is 2.65. The lowest BCUT2D eigenvalue weighted by molar-refractivity contribution is -0.122. The monoisotopic (exact) mass is 492 g/mol. The fourth-order valence-electron chi connectivity index (χ4n) is 2.59. The normalized spacial score (nSPS) is 15.3. The van der Waals surface area contributed by atoms with E-state index < -0.39 is 17.8 Å². The summed E-state index contributed by atoms with van der Waals surface area (Å²) >= 11 is 15.5. The number of rotatable bonds is 4. The number of carbonyl (C=O) groups excluding carboxylic acids is 3. The second-order valence-electron chi connectivity index (χ2n) is 5.73. The maximum atomic E-state index is 13.0. The summed E-state index contributed by atoms with van der Waals surface area (Å²) in [6.45, 7) is -0.0822. The van der Waals surface area contributed by atoms with Crippen LogP contribution in [0.5, 0.6) is 5.75 Å². The molecule has 146 valence electrons. The van der Waals surface area contributed by atoms with Gasteiger partial charge in [0.2, 0.25) is 0 Å². The van der Waals surface area contributed by atoms with E-state index in [1.165, 1.54) is 18.2 Å². The smallest absolute Gasteiger partial charge is 0.335 e. The van der Waals surface area contributed by atoms with Crippen LogP contribution in [-0.2, 0) is 9.59 Å². The van der Waals surface area contributed by atoms with Crippen molar-refractivity contribution in [2.45, 2.75) is 0 Å². The fraction of sp³-hybridized carbons (Fsp3) is 0.0500. The van der Waals surface area contributed by atoms with Gasteiger partial charge < -0.3 is 4.74 Å². The molecule has 2 aromatic carbocycles. The first-order valence-electron chi connectivity index (χ1n) is 8.04. The number of halogens is 3.